The standard InChI is InChI=1S/C20H18F4N2O3.C18H18F2N2O2/c1-2-18(28)26(15-5-3-4-14(21)9-15)11-13-7-6-12(8-16(13)22)17(27)10-25-20(29)19(23)24;1-2-18(24)22(15-5-3-4-14(19)9-15)11-13-7-6-12(8-16(13)20)17(23)10-21/h3-9,19H,2,10-11H2,1H3,(H,25,29);3-9H,2,10-11,21H2,1H3. The monoisotopic (exact) mass is 742 g/mol. The first-order chi connectivity index (χ1) is 25.2. The van der Waals surface area contributed by atoms with Crippen LogP contribution in [0.25, 0.3) is 0 Å². The third-order valence-electron chi connectivity index (χ3n) is 7.66. The number of halogens is 6. The molecule has 0 fully saturated rings. The molecule has 0 aliphatic rings. The van der Waals surface area contributed by atoms with Crippen molar-refractivity contribution in [2.45, 2.75) is 46.2 Å². The summed E-state index contributed by atoms with van der Waals surface area (Å²) >= 11 is 0. The van der Waals surface area contributed by atoms with Gasteiger partial charge in [-0.3, -0.25) is 24.0 Å². The summed E-state index contributed by atoms with van der Waals surface area (Å²) in [4.78, 5) is 61.2. The molecular weight excluding hydrogens is 706 g/mol. The smallest absolute Gasteiger partial charge is 0.315 e. The van der Waals surface area contributed by atoms with E-state index in [0.29, 0.717) is 5.69 Å². The third kappa shape index (κ3) is 11.9. The highest BCUT2D eigenvalue weighted by Gasteiger charge is 2.21. The molecule has 0 heterocycles. The van der Waals surface area contributed by atoms with Gasteiger partial charge in [0.2, 0.25) is 11.8 Å². The van der Waals surface area contributed by atoms with Crippen molar-refractivity contribution >= 4 is 40.7 Å². The van der Waals surface area contributed by atoms with Gasteiger partial charge < -0.3 is 20.9 Å². The number of ketones is 2. The third-order valence-corrected chi connectivity index (χ3v) is 7.66. The van der Waals surface area contributed by atoms with Crippen molar-refractivity contribution < 1.29 is 50.3 Å². The summed E-state index contributed by atoms with van der Waals surface area (Å²) in [5.41, 5.74) is 6.22. The lowest BCUT2D eigenvalue weighted by atomic mass is 10.1. The maximum absolute atomic E-state index is 14.5. The molecule has 4 aromatic rings. The summed E-state index contributed by atoms with van der Waals surface area (Å²) in [7, 11) is 0. The Morgan fingerprint density at radius 1 is 0.642 bits per heavy atom. The number of hydrogen-bond acceptors (Lipinski definition) is 6. The normalized spacial score (nSPS) is 10.6. The van der Waals surface area contributed by atoms with Crippen LogP contribution in [0.15, 0.2) is 84.9 Å². The Morgan fingerprint density at radius 3 is 1.43 bits per heavy atom. The molecule has 280 valence electrons. The summed E-state index contributed by atoms with van der Waals surface area (Å²) < 4.78 is 80.0. The fraction of sp³-hybridized carbons (Fsp3) is 0.237. The Morgan fingerprint density at radius 2 is 1.08 bits per heavy atom. The topological polar surface area (TPSA) is 130 Å². The van der Waals surface area contributed by atoms with Gasteiger partial charge >= 0.3 is 6.43 Å². The first-order valence-electron chi connectivity index (χ1n) is 16.2. The number of nitrogens with two attached hydrogens (primary N) is 1. The van der Waals surface area contributed by atoms with Crippen molar-refractivity contribution in [1.82, 2.24) is 5.32 Å². The molecule has 0 bridgehead atoms. The summed E-state index contributed by atoms with van der Waals surface area (Å²) in [5.74, 6) is -5.79. The molecule has 4 rings (SSSR count). The maximum atomic E-state index is 14.5. The fourth-order valence-electron chi connectivity index (χ4n) is 4.82. The molecule has 0 aliphatic carbocycles. The quantitative estimate of drug-likeness (QED) is 0.112. The largest absolute Gasteiger partial charge is 0.344 e. The van der Waals surface area contributed by atoms with Gasteiger partial charge in [-0.05, 0) is 48.5 Å². The average molecular weight is 743 g/mol. The van der Waals surface area contributed by atoms with Gasteiger partial charge in [-0.2, -0.15) is 8.78 Å². The number of benzene rings is 4. The van der Waals surface area contributed by atoms with Crippen LogP contribution in [0.3, 0.4) is 0 Å². The highest BCUT2D eigenvalue weighted by Crippen LogP contribution is 2.23. The Hall–Kier alpha value is -5.83. The van der Waals surface area contributed by atoms with E-state index in [9.17, 15) is 50.3 Å². The highest BCUT2D eigenvalue weighted by atomic mass is 19.3. The molecule has 3 N–H and O–H groups in total. The lowest BCUT2D eigenvalue weighted by Crippen LogP contribution is -2.34. The molecule has 0 atom stereocenters. The number of carbonyl (C=O) groups is 5. The summed E-state index contributed by atoms with van der Waals surface area (Å²) in [6.45, 7) is 2.13. The molecular formula is C38H36F6N4O5. The zero-order valence-electron chi connectivity index (χ0n) is 28.7. The van der Waals surface area contributed by atoms with E-state index in [2.05, 4.69) is 0 Å². The van der Waals surface area contributed by atoms with E-state index < -0.39 is 47.9 Å². The molecule has 0 spiro atoms. The van der Waals surface area contributed by atoms with Crippen molar-refractivity contribution in [2.24, 2.45) is 5.73 Å². The van der Waals surface area contributed by atoms with Crippen LogP contribution < -0.4 is 20.9 Å². The SMILES string of the molecule is CCC(=O)N(Cc1ccc(C(=O)CN)cc1F)c1cccc(F)c1.CCC(=O)N(Cc1ccc(C(=O)CNC(=O)C(F)F)cc1F)c1cccc(F)c1. The predicted molar refractivity (Wildman–Crippen MR) is 185 cm³/mol. The van der Waals surface area contributed by atoms with Crippen molar-refractivity contribution in [3.63, 3.8) is 0 Å². The molecule has 9 nitrogen and oxygen atoms in total. The molecule has 15 heteroatoms. The number of carbonyl (C=O) groups excluding carboxylic acids is 5. The van der Waals surface area contributed by atoms with Gasteiger partial charge in [0.25, 0.3) is 5.91 Å². The zero-order chi connectivity index (χ0) is 39.2. The maximum Gasteiger partial charge on any atom is 0.315 e. The van der Waals surface area contributed by atoms with Crippen LogP contribution in [0.4, 0.5) is 37.7 Å². The van der Waals surface area contributed by atoms with Gasteiger partial charge in [0, 0.05) is 46.5 Å². The minimum atomic E-state index is -3.26. The van der Waals surface area contributed by atoms with Crippen LogP contribution in [0.2, 0.25) is 0 Å². The average Bonchev–Trinajstić information content (AvgIpc) is 3.14. The minimum absolute atomic E-state index is 0.0565. The number of rotatable bonds is 14. The van der Waals surface area contributed by atoms with Crippen LogP contribution in [0.1, 0.15) is 58.5 Å². The van der Waals surface area contributed by atoms with Gasteiger partial charge in [0.05, 0.1) is 26.2 Å². The predicted octanol–water partition coefficient (Wildman–Crippen LogP) is 6.52. The van der Waals surface area contributed by atoms with Crippen LogP contribution in [-0.4, -0.2) is 48.8 Å². The van der Waals surface area contributed by atoms with Gasteiger partial charge in [-0.25, -0.2) is 17.6 Å². The Labute approximate surface area is 301 Å². The number of nitrogens with zero attached hydrogens (tertiary/aromatic N) is 2. The van der Waals surface area contributed by atoms with Crippen LogP contribution in [0, 0.1) is 23.3 Å². The molecule has 0 saturated heterocycles. The van der Waals surface area contributed by atoms with Crippen LogP contribution in [-0.2, 0) is 27.5 Å². The molecule has 0 unspecified atom stereocenters. The van der Waals surface area contributed by atoms with Crippen molar-refractivity contribution in [2.75, 3.05) is 22.9 Å². The summed E-state index contributed by atoms with van der Waals surface area (Å²) in [6.07, 6.45) is -2.95. The van der Waals surface area contributed by atoms with E-state index in [1.165, 1.54) is 70.5 Å². The molecule has 4 aromatic carbocycles. The van der Waals surface area contributed by atoms with E-state index in [4.69, 9.17) is 5.73 Å². The molecule has 3 amide bonds. The molecule has 0 saturated carbocycles. The van der Waals surface area contributed by atoms with Crippen LogP contribution in [0.5, 0.6) is 0 Å². The molecule has 0 aliphatic heterocycles. The van der Waals surface area contributed by atoms with E-state index in [1.807, 2.05) is 0 Å². The first kappa shape index (κ1) is 41.6. The van der Waals surface area contributed by atoms with Crippen molar-refractivity contribution in [1.29, 1.82) is 0 Å². The number of anilines is 2. The number of amides is 3. The second-order valence-electron chi connectivity index (χ2n) is 11.3. The minimum Gasteiger partial charge on any atom is -0.344 e. The Bertz CT molecular complexity index is 1960. The second-order valence-corrected chi connectivity index (χ2v) is 11.3. The van der Waals surface area contributed by atoms with E-state index in [-0.39, 0.29) is 78.0 Å². The Balaban J connectivity index is 0.000000290. The number of nitrogens with one attached hydrogen (secondary N) is 1. The zero-order valence-corrected chi connectivity index (χ0v) is 28.7. The lowest BCUT2D eigenvalue weighted by Gasteiger charge is -2.23. The number of alkyl halides is 2. The molecule has 53 heavy (non-hydrogen) atoms. The van der Waals surface area contributed by atoms with Gasteiger partial charge in [-0.1, -0.05) is 50.2 Å². The van der Waals surface area contributed by atoms with Gasteiger partial charge in [0.15, 0.2) is 11.6 Å². The van der Waals surface area contributed by atoms with E-state index in [0.717, 1.165) is 18.2 Å². The Kier molecular flexibility index (Phi) is 15.5. The van der Waals surface area contributed by atoms with Gasteiger partial charge in [0.1, 0.15) is 23.3 Å². The summed E-state index contributed by atoms with van der Waals surface area (Å²) in [6, 6.07) is 18.3. The second kappa shape index (κ2) is 19.7. The van der Waals surface area contributed by atoms with Gasteiger partial charge in [-0.15, -0.1) is 0 Å². The number of Topliss-reactive ketones (excluding diaryl/α,β-unsaturated/α-hetero) is 2. The number of hydrogen-bond donors (Lipinski definition) is 2. The lowest BCUT2D eigenvalue weighted by molar-refractivity contribution is -0.131. The van der Waals surface area contributed by atoms with Crippen molar-refractivity contribution in [3.05, 3.63) is 130 Å². The molecule has 0 radical (unpaired) electrons. The van der Waals surface area contributed by atoms with Crippen LogP contribution >= 0.6 is 0 Å². The van der Waals surface area contributed by atoms with Crippen molar-refractivity contribution in [3.8, 4) is 0 Å². The highest BCUT2D eigenvalue weighted by molar-refractivity contribution is 6.00. The molecule has 0 aromatic heterocycles. The van der Waals surface area contributed by atoms with E-state index in [1.54, 1.807) is 25.2 Å². The fourth-order valence-corrected chi connectivity index (χ4v) is 4.82. The first-order valence-corrected chi connectivity index (χ1v) is 16.2. The summed E-state index contributed by atoms with van der Waals surface area (Å²) in [5, 5.41) is 1.75. The van der Waals surface area contributed by atoms with E-state index >= 15 is 0 Å².